The number of urea groups is 2. The van der Waals surface area contributed by atoms with Gasteiger partial charge in [-0.15, -0.1) is 0 Å². The number of esters is 1. The molecule has 2 aromatic carbocycles. The Labute approximate surface area is 200 Å². The molecule has 8 nitrogen and oxygen atoms in total. The van der Waals surface area contributed by atoms with Crippen LogP contribution in [-0.2, 0) is 9.53 Å². The number of nitrogens with one attached hydrogen (secondary N) is 3. The average molecular weight is 465 g/mol. The quantitative estimate of drug-likeness (QED) is 0.479. The summed E-state index contributed by atoms with van der Waals surface area (Å²) >= 11 is 0. The monoisotopic (exact) mass is 464 g/mol. The van der Waals surface area contributed by atoms with Gasteiger partial charge in [-0.05, 0) is 54.7 Å². The van der Waals surface area contributed by atoms with Crippen molar-refractivity contribution in [1.82, 2.24) is 10.2 Å². The highest BCUT2D eigenvalue weighted by Gasteiger charge is 2.35. The van der Waals surface area contributed by atoms with E-state index >= 15 is 0 Å². The van der Waals surface area contributed by atoms with Gasteiger partial charge in [0.1, 0.15) is 0 Å². The maximum atomic E-state index is 12.6. The third-order valence-corrected chi connectivity index (χ3v) is 5.79. The van der Waals surface area contributed by atoms with Crippen molar-refractivity contribution in [3.63, 3.8) is 0 Å². The highest BCUT2D eigenvalue weighted by molar-refractivity contribution is 6.00. The maximum Gasteiger partial charge on any atom is 0.337 e. The van der Waals surface area contributed by atoms with E-state index in [0.717, 1.165) is 6.42 Å². The van der Waals surface area contributed by atoms with E-state index in [4.69, 9.17) is 4.74 Å². The highest BCUT2D eigenvalue weighted by Crippen LogP contribution is 2.32. The number of amides is 4. The van der Waals surface area contributed by atoms with Gasteiger partial charge >= 0.3 is 18.0 Å². The van der Waals surface area contributed by atoms with E-state index in [-0.39, 0.29) is 12.1 Å². The number of allylic oxidation sites excluding steroid dienone is 1. The van der Waals surface area contributed by atoms with Crippen molar-refractivity contribution in [3.8, 4) is 0 Å². The molecule has 0 unspecified atom stereocenters. The van der Waals surface area contributed by atoms with E-state index in [1.165, 1.54) is 12.7 Å². The van der Waals surface area contributed by atoms with Gasteiger partial charge in [0.05, 0.1) is 18.7 Å². The second kappa shape index (κ2) is 10.9. The number of carbonyl (C=O) groups is 3. The molecule has 0 saturated heterocycles. The molecular weight excluding hydrogens is 432 g/mol. The predicted molar refractivity (Wildman–Crippen MR) is 133 cm³/mol. The zero-order valence-electron chi connectivity index (χ0n) is 20.3. The third kappa shape index (κ3) is 5.57. The van der Waals surface area contributed by atoms with Gasteiger partial charge < -0.3 is 20.7 Å². The number of benzene rings is 2. The molecule has 4 amide bonds. The lowest BCUT2D eigenvalue weighted by atomic mass is 9.94. The Kier molecular flexibility index (Phi) is 7.94. The van der Waals surface area contributed by atoms with Crippen LogP contribution < -0.4 is 16.0 Å². The van der Waals surface area contributed by atoms with Crippen LogP contribution in [0.4, 0.5) is 21.0 Å². The summed E-state index contributed by atoms with van der Waals surface area (Å²) in [7, 11) is 1.32. The molecule has 1 aliphatic rings. The summed E-state index contributed by atoms with van der Waals surface area (Å²) in [6, 6.07) is 13.4. The van der Waals surface area contributed by atoms with Crippen LogP contribution in [0, 0.1) is 0 Å². The fraction of sp³-hybridized carbons (Fsp3) is 0.346. The normalized spacial score (nSPS) is 15.8. The summed E-state index contributed by atoms with van der Waals surface area (Å²) in [5, 5.41) is 8.50. The molecule has 0 radical (unpaired) electrons. The van der Waals surface area contributed by atoms with Crippen molar-refractivity contribution in [2.75, 3.05) is 24.3 Å². The largest absolute Gasteiger partial charge is 0.466 e. The summed E-state index contributed by atoms with van der Waals surface area (Å²) in [4.78, 5) is 39.1. The van der Waals surface area contributed by atoms with E-state index in [9.17, 15) is 14.4 Å². The summed E-state index contributed by atoms with van der Waals surface area (Å²) in [6.45, 7) is 8.45. The predicted octanol–water partition coefficient (Wildman–Crippen LogP) is 5.38. The minimum atomic E-state index is -0.643. The van der Waals surface area contributed by atoms with E-state index in [0.29, 0.717) is 40.7 Å². The van der Waals surface area contributed by atoms with E-state index < -0.39 is 12.0 Å². The Morgan fingerprint density at radius 2 is 1.59 bits per heavy atom. The molecule has 0 fully saturated rings. The van der Waals surface area contributed by atoms with Crippen LogP contribution in [-0.4, -0.2) is 36.6 Å². The number of anilines is 2. The SMILES string of the molecule is CCCN1C(=O)N[C@@H](c2ccc(NC(=O)Nc3ccc(C(C)C)cc3)cc2)C(C(=O)OC)=C1C. The van der Waals surface area contributed by atoms with Crippen LogP contribution in [0.1, 0.15) is 57.2 Å². The van der Waals surface area contributed by atoms with Crippen LogP contribution in [0.3, 0.4) is 0 Å². The van der Waals surface area contributed by atoms with Crippen molar-refractivity contribution >= 4 is 29.4 Å². The number of hydrogen-bond donors (Lipinski definition) is 3. The molecule has 1 aliphatic heterocycles. The summed E-state index contributed by atoms with van der Waals surface area (Å²) in [5.41, 5.74) is 4.15. The number of rotatable bonds is 7. The van der Waals surface area contributed by atoms with Crippen molar-refractivity contribution in [3.05, 3.63) is 70.9 Å². The van der Waals surface area contributed by atoms with Crippen LogP contribution in [0.15, 0.2) is 59.8 Å². The fourth-order valence-corrected chi connectivity index (χ4v) is 3.90. The molecule has 180 valence electrons. The van der Waals surface area contributed by atoms with Crippen molar-refractivity contribution in [1.29, 1.82) is 0 Å². The Morgan fingerprint density at radius 3 is 2.09 bits per heavy atom. The van der Waals surface area contributed by atoms with Gasteiger partial charge in [-0.3, -0.25) is 4.90 Å². The maximum absolute atomic E-state index is 12.6. The topological polar surface area (TPSA) is 99.8 Å². The lowest BCUT2D eigenvalue weighted by Gasteiger charge is -2.35. The van der Waals surface area contributed by atoms with E-state index in [1.54, 1.807) is 36.1 Å². The zero-order valence-corrected chi connectivity index (χ0v) is 20.3. The smallest absolute Gasteiger partial charge is 0.337 e. The summed E-state index contributed by atoms with van der Waals surface area (Å²) in [5.74, 6) is -0.0722. The number of hydrogen-bond acceptors (Lipinski definition) is 4. The van der Waals surface area contributed by atoms with Gasteiger partial charge in [0.25, 0.3) is 0 Å². The molecule has 8 heteroatoms. The molecule has 0 bridgehead atoms. The first-order chi connectivity index (χ1) is 16.2. The van der Waals surface area contributed by atoms with E-state index in [2.05, 4.69) is 29.8 Å². The molecule has 0 aliphatic carbocycles. The number of ether oxygens (including phenoxy) is 1. The molecular formula is C26H32N4O4. The molecule has 2 aromatic rings. The van der Waals surface area contributed by atoms with Crippen LogP contribution in [0.25, 0.3) is 0 Å². The second-order valence-electron chi connectivity index (χ2n) is 8.50. The zero-order chi connectivity index (χ0) is 24.8. The van der Waals surface area contributed by atoms with Gasteiger partial charge in [0.2, 0.25) is 0 Å². The first-order valence-corrected chi connectivity index (χ1v) is 11.4. The molecule has 0 aromatic heterocycles. The molecule has 0 saturated carbocycles. The van der Waals surface area contributed by atoms with Gasteiger partial charge in [0.15, 0.2) is 0 Å². The Morgan fingerprint density at radius 1 is 1.03 bits per heavy atom. The molecule has 3 rings (SSSR count). The van der Waals surface area contributed by atoms with E-state index in [1.807, 2.05) is 31.2 Å². The van der Waals surface area contributed by atoms with Crippen molar-refractivity contribution < 1.29 is 19.1 Å². The van der Waals surface area contributed by atoms with Gasteiger partial charge in [-0.2, -0.15) is 0 Å². The Bertz CT molecular complexity index is 1070. The third-order valence-electron chi connectivity index (χ3n) is 5.79. The first kappa shape index (κ1) is 24.8. The average Bonchev–Trinajstić information content (AvgIpc) is 2.81. The summed E-state index contributed by atoms with van der Waals surface area (Å²) in [6.07, 6.45) is 0.758. The van der Waals surface area contributed by atoms with Gasteiger partial charge in [-0.1, -0.05) is 45.0 Å². The number of nitrogens with zero attached hydrogens (tertiary/aromatic N) is 1. The lowest BCUT2D eigenvalue weighted by molar-refractivity contribution is -0.136. The number of carbonyl (C=O) groups excluding carboxylic acids is 3. The minimum absolute atomic E-state index is 0.262. The lowest BCUT2D eigenvalue weighted by Crippen LogP contribution is -2.48. The van der Waals surface area contributed by atoms with Crippen LogP contribution in [0.2, 0.25) is 0 Å². The number of methoxy groups -OCH3 is 1. The molecule has 0 spiro atoms. The summed E-state index contributed by atoms with van der Waals surface area (Å²) < 4.78 is 4.99. The Balaban J connectivity index is 1.74. The van der Waals surface area contributed by atoms with Gasteiger partial charge in [-0.25, -0.2) is 14.4 Å². The highest BCUT2D eigenvalue weighted by atomic mass is 16.5. The molecule has 1 heterocycles. The van der Waals surface area contributed by atoms with Crippen molar-refractivity contribution in [2.45, 2.75) is 46.1 Å². The van der Waals surface area contributed by atoms with Crippen LogP contribution in [0.5, 0.6) is 0 Å². The molecule has 34 heavy (non-hydrogen) atoms. The second-order valence-corrected chi connectivity index (χ2v) is 8.50. The minimum Gasteiger partial charge on any atom is -0.466 e. The Hall–Kier alpha value is -3.81. The van der Waals surface area contributed by atoms with Crippen molar-refractivity contribution in [2.24, 2.45) is 0 Å². The fourth-order valence-electron chi connectivity index (χ4n) is 3.90. The van der Waals surface area contributed by atoms with Crippen LogP contribution >= 0.6 is 0 Å². The standard InChI is InChI=1S/C26H32N4O4/c1-6-15-30-17(4)22(24(31)34-5)23(29-26(30)33)19-9-13-21(14-10-19)28-25(32)27-20-11-7-18(8-12-20)16(2)3/h7-14,16,23H,6,15H2,1-5H3,(H,29,33)(H2,27,28,32)/t23-/m0/s1. The first-order valence-electron chi connectivity index (χ1n) is 11.4. The molecule has 1 atom stereocenters. The van der Waals surface area contributed by atoms with Gasteiger partial charge in [0, 0.05) is 23.6 Å². The molecule has 3 N–H and O–H groups in total.